The third kappa shape index (κ3) is 1.53. The van der Waals surface area contributed by atoms with E-state index in [4.69, 9.17) is 10.8 Å². The Hall–Kier alpha value is -1.43. The van der Waals surface area contributed by atoms with E-state index in [9.17, 15) is 4.79 Å². The van der Waals surface area contributed by atoms with Crippen LogP contribution in [0.15, 0.2) is 6.20 Å². The normalized spacial score (nSPS) is 9.91. The summed E-state index contributed by atoms with van der Waals surface area (Å²) in [6.45, 7) is 0.727. The van der Waals surface area contributed by atoms with Gasteiger partial charge < -0.3 is 10.8 Å². The Bertz CT molecular complexity index is 257. The van der Waals surface area contributed by atoms with Gasteiger partial charge in [-0.2, -0.15) is 0 Å². The fraction of sp³-hybridized carbons (Fsp3) is 0.400. The zero-order valence-corrected chi connectivity index (χ0v) is 5.77. The average molecular weight is 156 g/mol. The summed E-state index contributed by atoms with van der Waals surface area (Å²) in [7, 11) is 0. The lowest BCUT2D eigenvalue weighted by molar-refractivity contribution is 0.0683. The monoisotopic (exact) mass is 156 g/mol. The molecule has 0 aliphatic rings. The van der Waals surface area contributed by atoms with Crippen molar-refractivity contribution in [2.24, 2.45) is 5.73 Å². The minimum Gasteiger partial charge on any atom is -0.476 e. The van der Waals surface area contributed by atoms with Gasteiger partial charge in [-0.25, -0.2) is 9.48 Å². The summed E-state index contributed by atoms with van der Waals surface area (Å²) < 4.78 is 1.25. The first-order valence-corrected chi connectivity index (χ1v) is 3.07. The number of nitrogens with two attached hydrogens (primary N) is 1. The van der Waals surface area contributed by atoms with E-state index in [1.807, 2.05) is 0 Å². The van der Waals surface area contributed by atoms with Gasteiger partial charge in [0.05, 0.1) is 12.7 Å². The number of carboxylic acid groups (broad SMARTS) is 1. The molecule has 0 bridgehead atoms. The average Bonchev–Trinajstić information content (AvgIpc) is 2.36. The molecule has 0 unspecified atom stereocenters. The highest BCUT2D eigenvalue weighted by molar-refractivity contribution is 5.85. The molecule has 60 valence electrons. The SMILES string of the molecule is NCCn1nncc1C(=O)O. The summed E-state index contributed by atoms with van der Waals surface area (Å²) in [4.78, 5) is 10.4. The molecule has 0 amide bonds. The molecule has 1 rings (SSSR count). The molecule has 0 atom stereocenters. The zero-order valence-electron chi connectivity index (χ0n) is 5.77. The molecule has 1 aromatic heterocycles. The predicted octanol–water partition coefficient (Wildman–Crippen LogP) is -1.06. The van der Waals surface area contributed by atoms with Crippen LogP contribution in [0, 0.1) is 0 Å². The molecule has 6 nitrogen and oxygen atoms in total. The number of carboxylic acids is 1. The van der Waals surface area contributed by atoms with E-state index in [2.05, 4.69) is 10.3 Å². The maximum atomic E-state index is 10.4. The van der Waals surface area contributed by atoms with E-state index in [1.54, 1.807) is 0 Å². The molecule has 0 saturated carbocycles. The van der Waals surface area contributed by atoms with Crippen LogP contribution in [0.4, 0.5) is 0 Å². The summed E-state index contributed by atoms with van der Waals surface area (Å²) >= 11 is 0. The molecular weight excluding hydrogens is 148 g/mol. The Balaban J connectivity index is 2.87. The molecular formula is C5H8N4O2. The molecule has 3 N–H and O–H groups in total. The summed E-state index contributed by atoms with van der Waals surface area (Å²) in [6.07, 6.45) is 1.19. The Labute approximate surface area is 62.6 Å². The van der Waals surface area contributed by atoms with Gasteiger partial charge in [-0.15, -0.1) is 5.10 Å². The summed E-state index contributed by atoms with van der Waals surface area (Å²) in [5.41, 5.74) is 5.27. The van der Waals surface area contributed by atoms with Crippen LogP contribution in [0.5, 0.6) is 0 Å². The fourth-order valence-electron chi connectivity index (χ4n) is 0.711. The van der Waals surface area contributed by atoms with Crippen molar-refractivity contribution in [1.82, 2.24) is 15.0 Å². The Kier molecular flexibility index (Phi) is 2.17. The van der Waals surface area contributed by atoms with Gasteiger partial charge in [0, 0.05) is 6.54 Å². The second-order valence-corrected chi connectivity index (χ2v) is 1.94. The molecule has 0 aliphatic carbocycles. The fourth-order valence-corrected chi connectivity index (χ4v) is 0.711. The predicted molar refractivity (Wildman–Crippen MR) is 36.0 cm³/mol. The quantitative estimate of drug-likeness (QED) is 0.581. The maximum absolute atomic E-state index is 10.4. The van der Waals surface area contributed by atoms with Crippen LogP contribution in [0.1, 0.15) is 10.5 Å². The standard InChI is InChI=1S/C5H8N4O2/c6-1-2-9-4(5(10)11)3-7-8-9/h3H,1-2,6H2,(H,10,11). The maximum Gasteiger partial charge on any atom is 0.355 e. The van der Waals surface area contributed by atoms with Gasteiger partial charge in [-0.1, -0.05) is 5.21 Å². The minimum atomic E-state index is -1.04. The Morgan fingerprint density at radius 2 is 2.55 bits per heavy atom. The lowest BCUT2D eigenvalue weighted by Crippen LogP contribution is -2.16. The van der Waals surface area contributed by atoms with Gasteiger partial charge in [-0.3, -0.25) is 0 Å². The molecule has 11 heavy (non-hydrogen) atoms. The van der Waals surface area contributed by atoms with E-state index in [0.717, 1.165) is 0 Å². The third-order valence-electron chi connectivity index (χ3n) is 1.18. The molecule has 1 aromatic rings. The number of aromatic nitrogens is 3. The van der Waals surface area contributed by atoms with Crippen molar-refractivity contribution >= 4 is 5.97 Å². The number of aromatic carboxylic acids is 1. The van der Waals surface area contributed by atoms with Crippen LogP contribution in [0.2, 0.25) is 0 Å². The number of nitrogens with zero attached hydrogens (tertiary/aromatic N) is 3. The molecule has 0 saturated heterocycles. The van der Waals surface area contributed by atoms with E-state index in [1.165, 1.54) is 10.9 Å². The highest BCUT2D eigenvalue weighted by Gasteiger charge is 2.09. The van der Waals surface area contributed by atoms with E-state index >= 15 is 0 Å². The molecule has 1 heterocycles. The summed E-state index contributed by atoms with van der Waals surface area (Å²) in [5.74, 6) is -1.04. The molecule has 6 heteroatoms. The molecule has 0 aliphatic heterocycles. The molecule has 0 spiro atoms. The van der Waals surface area contributed by atoms with Gasteiger partial charge in [0.15, 0.2) is 5.69 Å². The highest BCUT2D eigenvalue weighted by Crippen LogP contribution is 1.94. The molecule has 0 fully saturated rings. The number of rotatable bonds is 3. The van der Waals surface area contributed by atoms with Crippen LogP contribution in [0.25, 0.3) is 0 Å². The van der Waals surface area contributed by atoms with Crippen molar-refractivity contribution in [1.29, 1.82) is 0 Å². The van der Waals surface area contributed by atoms with Crippen molar-refractivity contribution in [3.8, 4) is 0 Å². The first kappa shape index (κ1) is 7.67. The second-order valence-electron chi connectivity index (χ2n) is 1.94. The largest absolute Gasteiger partial charge is 0.476 e. The van der Waals surface area contributed by atoms with Crippen molar-refractivity contribution in [3.63, 3.8) is 0 Å². The van der Waals surface area contributed by atoms with E-state index < -0.39 is 5.97 Å². The highest BCUT2D eigenvalue weighted by atomic mass is 16.4. The van der Waals surface area contributed by atoms with Gasteiger partial charge in [0.2, 0.25) is 0 Å². The van der Waals surface area contributed by atoms with Gasteiger partial charge in [0.1, 0.15) is 0 Å². The van der Waals surface area contributed by atoms with Crippen LogP contribution < -0.4 is 5.73 Å². The van der Waals surface area contributed by atoms with Crippen molar-refractivity contribution in [2.75, 3.05) is 6.54 Å². The van der Waals surface area contributed by atoms with Crippen molar-refractivity contribution in [3.05, 3.63) is 11.9 Å². The van der Waals surface area contributed by atoms with Crippen LogP contribution in [0.3, 0.4) is 0 Å². The van der Waals surface area contributed by atoms with Gasteiger partial charge in [-0.05, 0) is 0 Å². The van der Waals surface area contributed by atoms with Gasteiger partial charge >= 0.3 is 5.97 Å². The lowest BCUT2D eigenvalue weighted by atomic mass is 10.4. The smallest absolute Gasteiger partial charge is 0.355 e. The van der Waals surface area contributed by atoms with Crippen molar-refractivity contribution in [2.45, 2.75) is 6.54 Å². The first-order valence-electron chi connectivity index (χ1n) is 3.07. The zero-order chi connectivity index (χ0) is 8.27. The number of hydrogen-bond acceptors (Lipinski definition) is 4. The topological polar surface area (TPSA) is 94.0 Å². The molecule has 0 radical (unpaired) electrons. The number of hydrogen-bond donors (Lipinski definition) is 2. The first-order chi connectivity index (χ1) is 5.25. The summed E-state index contributed by atoms with van der Waals surface area (Å²) in [6, 6.07) is 0. The minimum absolute atomic E-state index is 0.0652. The Morgan fingerprint density at radius 3 is 3.09 bits per heavy atom. The van der Waals surface area contributed by atoms with Crippen LogP contribution in [-0.4, -0.2) is 32.6 Å². The second kappa shape index (κ2) is 3.11. The third-order valence-corrected chi connectivity index (χ3v) is 1.18. The van der Waals surface area contributed by atoms with E-state index in [0.29, 0.717) is 13.1 Å². The summed E-state index contributed by atoms with van der Waals surface area (Å²) in [5, 5.41) is 15.5. The number of carbonyl (C=O) groups is 1. The van der Waals surface area contributed by atoms with Gasteiger partial charge in [0.25, 0.3) is 0 Å². The van der Waals surface area contributed by atoms with Crippen molar-refractivity contribution < 1.29 is 9.90 Å². The van der Waals surface area contributed by atoms with Crippen LogP contribution >= 0.6 is 0 Å². The van der Waals surface area contributed by atoms with Crippen LogP contribution in [-0.2, 0) is 6.54 Å². The van der Waals surface area contributed by atoms with E-state index in [-0.39, 0.29) is 5.69 Å². The lowest BCUT2D eigenvalue weighted by Gasteiger charge is -1.97. The Morgan fingerprint density at radius 1 is 1.82 bits per heavy atom. The molecule has 0 aromatic carbocycles.